The van der Waals surface area contributed by atoms with Gasteiger partial charge in [0.05, 0.1) is 11.9 Å². The number of aliphatic carboxylic acids is 1. The van der Waals surface area contributed by atoms with Gasteiger partial charge in [-0.1, -0.05) is 22.0 Å². The lowest BCUT2D eigenvalue weighted by molar-refractivity contribution is -0.146. The maximum absolute atomic E-state index is 12.2. The monoisotopic (exact) mass is 395 g/mol. The third-order valence-electron chi connectivity index (χ3n) is 3.42. The molecule has 1 heterocycles. The van der Waals surface area contributed by atoms with Crippen LogP contribution in [0.15, 0.2) is 41.1 Å². The molecule has 24 heavy (non-hydrogen) atoms. The summed E-state index contributed by atoms with van der Waals surface area (Å²) in [7, 11) is 0. The van der Waals surface area contributed by atoms with Crippen molar-refractivity contribution >= 4 is 33.5 Å². The molecule has 0 aliphatic heterocycles. The topological polar surface area (TPSA) is 93.5 Å². The van der Waals surface area contributed by atoms with Crippen LogP contribution in [0.4, 0.5) is 5.69 Å². The average molecular weight is 396 g/mol. The van der Waals surface area contributed by atoms with Gasteiger partial charge < -0.3 is 15.2 Å². The van der Waals surface area contributed by atoms with E-state index in [1.165, 1.54) is 30.9 Å². The van der Waals surface area contributed by atoms with Crippen LogP contribution in [0.25, 0.3) is 0 Å². The van der Waals surface area contributed by atoms with Crippen molar-refractivity contribution in [3.05, 3.63) is 41.1 Å². The number of hydrogen-bond donors (Lipinski definition) is 2. The summed E-state index contributed by atoms with van der Waals surface area (Å²) in [5.74, 6) is -0.813. The van der Waals surface area contributed by atoms with E-state index in [-0.39, 0.29) is 5.91 Å². The molecule has 1 unspecified atom stereocenters. The Hall–Kier alpha value is -2.35. The second kappa shape index (κ2) is 7.04. The molecule has 0 bridgehead atoms. The molecule has 1 aromatic heterocycles. The van der Waals surface area contributed by atoms with Crippen molar-refractivity contribution in [1.82, 2.24) is 9.78 Å². The summed E-state index contributed by atoms with van der Waals surface area (Å²) in [6, 6.07) is 7.18. The van der Waals surface area contributed by atoms with Gasteiger partial charge in [-0.2, -0.15) is 5.10 Å². The first-order valence-corrected chi connectivity index (χ1v) is 8.01. The lowest BCUT2D eigenvalue weighted by Gasteiger charge is -2.19. The summed E-state index contributed by atoms with van der Waals surface area (Å²) < 4.78 is 7.71. The highest BCUT2D eigenvalue weighted by Gasteiger charge is 2.30. The molecule has 0 aliphatic rings. The lowest BCUT2D eigenvalue weighted by atomic mass is 10.1. The SMILES string of the molecule is CC(Oc1cccc(Br)c1)C(=O)Nc1cnn(C(C)(C)C(=O)O)c1. The number of carbonyl (C=O) groups is 2. The normalized spacial score (nSPS) is 12.5. The first kappa shape index (κ1) is 18.0. The number of ether oxygens (including phenoxy) is 1. The zero-order valence-corrected chi connectivity index (χ0v) is 15.1. The van der Waals surface area contributed by atoms with Crippen molar-refractivity contribution in [2.24, 2.45) is 0 Å². The highest BCUT2D eigenvalue weighted by molar-refractivity contribution is 9.10. The van der Waals surface area contributed by atoms with E-state index >= 15 is 0 Å². The fourth-order valence-corrected chi connectivity index (χ4v) is 2.21. The van der Waals surface area contributed by atoms with Crippen LogP contribution in [0.5, 0.6) is 5.75 Å². The number of carboxylic acid groups (broad SMARTS) is 1. The van der Waals surface area contributed by atoms with Gasteiger partial charge in [-0.3, -0.25) is 9.48 Å². The van der Waals surface area contributed by atoms with Crippen molar-refractivity contribution in [2.75, 3.05) is 5.32 Å². The molecule has 0 radical (unpaired) electrons. The highest BCUT2D eigenvalue weighted by atomic mass is 79.9. The molecule has 0 fully saturated rings. The van der Waals surface area contributed by atoms with Gasteiger partial charge in [-0.05, 0) is 39.0 Å². The molecule has 1 aromatic carbocycles. The maximum Gasteiger partial charge on any atom is 0.331 e. The first-order chi connectivity index (χ1) is 11.2. The molecule has 2 aromatic rings. The second-order valence-corrected chi connectivity index (χ2v) is 6.66. The minimum absolute atomic E-state index is 0.359. The number of carbonyl (C=O) groups excluding carboxylic acids is 1. The highest BCUT2D eigenvalue weighted by Crippen LogP contribution is 2.20. The Morgan fingerprint density at radius 1 is 1.42 bits per heavy atom. The van der Waals surface area contributed by atoms with Crippen molar-refractivity contribution < 1.29 is 19.4 Å². The molecular weight excluding hydrogens is 378 g/mol. The third-order valence-corrected chi connectivity index (χ3v) is 3.92. The number of amides is 1. The molecule has 0 aliphatic carbocycles. The second-order valence-electron chi connectivity index (χ2n) is 5.74. The molecule has 128 valence electrons. The molecule has 0 saturated heterocycles. The number of anilines is 1. The first-order valence-electron chi connectivity index (χ1n) is 7.22. The van der Waals surface area contributed by atoms with Gasteiger partial charge >= 0.3 is 5.97 Å². The Bertz CT molecular complexity index is 757. The van der Waals surface area contributed by atoms with E-state index in [1.807, 2.05) is 12.1 Å². The predicted octanol–water partition coefficient (Wildman–Crippen LogP) is 2.87. The fourth-order valence-electron chi connectivity index (χ4n) is 1.83. The van der Waals surface area contributed by atoms with E-state index < -0.39 is 17.6 Å². The van der Waals surface area contributed by atoms with Gasteiger partial charge in [-0.25, -0.2) is 4.79 Å². The molecule has 2 rings (SSSR count). The zero-order valence-electron chi connectivity index (χ0n) is 13.5. The lowest BCUT2D eigenvalue weighted by Crippen LogP contribution is -2.36. The van der Waals surface area contributed by atoms with E-state index in [2.05, 4.69) is 26.3 Å². The molecule has 8 heteroatoms. The minimum Gasteiger partial charge on any atom is -0.481 e. The van der Waals surface area contributed by atoms with Gasteiger partial charge in [0.25, 0.3) is 5.91 Å². The summed E-state index contributed by atoms with van der Waals surface area (Å²) in [4.78, 5) is 23.4. The van der Waals surface area contributed by atoms with Gasteiger partial charge in [0, 0.05) is 10.7 Å². The van der Waals surface area contributed by atoms with Gasteiger partial charge in [0.15, 0.2) is 11.6 Å². The number of nitrogens with one attached hydrogen (secondary N) is 1. The molecule has 0 saturated carbocycles. The van der Waals surface area contributed by atoms with E-state index in [9.17, 15) is 14.7 Å². The van der Waals surface area contributed by atoms with Crippen molar-refractivity contribution in [3.8, 4) is 5.75 Å². The summed E-state index contributed by atoms with van der Waals surface area (Å²) in [5.41, 5.74) is -0.805. The fraction of sp³-hybridized carbons (Fsp3) is 0.312. The van der Waals surface area contributed by atoms with E-state index in [0.717, 1.165) is 4.47 Å². The molecule has 2 N–H and O–H groups in total. The Morgan fingerprint density at radius 3 is 2.75 bits per heavy atom. The van der Waals surface area contributed by atoms with Crippen LogP contribution in [-0.4, -0.2) is 32.9 Å². The van der Waals surface area contributed by atoms with Crippen LogP contribution in [-0.2, 0) is 15.1 Å². The van der Waals surface area contributed by atoms with Crippen molar-refractivity contribution in [3.63, 3.8) is 0 Å². The number of aromatic nitrogens is 2. The molecule has 0 spiro atoms. The summed E-state index contributed by atoms with van der Waals surface area (Å²) in [5, 5.41) is 15.8. The molecular formula is C16H18BrN3O4. The molecule has 1 amide bonds. The van der Waals surface area contributed by atoms with Gasteiger partial charge in [0.2, 0.25) is 0 Å². The Morgan fingerprint density at radius 2 is 2.12 bits per heavy atom. The molecule has 1 atom stereocenters. The minimum atomic E-state index is -1.21. The van der Waals surface area contributed by atoms with E-state index in [1.54, 1.807) is 19.1 Å². The summed E-state index contributed by atoms with van der Waals surface area (Å²) in [6.07, 6.45) is 2.14. The van der Waals surface area contributed by atoms with E-state index in [0.29, 0.717) is 11.4 Å². The number of rotatable bonds is 6. The number of halogens is 1. The summed E-state index contributed by atoms with van der Waals surface area (Å²) in [6.45, 7) is 4.67. The van der Waals surface area contributed by atoms with Crippen LogP contribution >= 0.6 is 15.9 Å². The maximum atomic E-state index is 12.2. The Kier molecular flexibility index (Phi) is 5.28. The van der Waals surface area contributed by atoms with Crippen molar-refractivity contribution in [2.45, 2.75) is 32.4 Å². The van der Waals surface area contributed by atoms with E-state index in [4.69, 9.17) is 4.74 Å². The quantitative estimate of drug-likeness (QED) is 0.783. The Balaban J connectivity index is 2.02. The third kappa shape index (κ3) is 4.14. The molecule has 7 nitrogen and oxygen atoms in total. The number of carboxylic acids is 1. The van der Waals surface area contributed by atoms with Gasteiger partial charge in [-0.15, -0.1) is 0 Å². The Labute approximate surface area is 147 Å². The zero-order chi connectivity index (χ0) is 17.9. The predicted molar refractivity (Wildman–Crippen MR) is 92.0 cm³/mol. The standard InChI is InChI=1S/C16H18BrN3O4/c1-10(24-13-6-4-5-11(17)7-13)14(21)19-12-8-18-20(9-12)16(2,3)15(22)23/h4-10H,1-3H3,(H,19,21)(H,22,23). The largest absolute Gasteiger partial charge is 0.481 e. The van der Waals surface area contributed by atoms with Crippen LogP contribution in [0.2, 0.25) is 0 Å². The van der Waals surface area contributed by atoms with Crippen LogP contribution < -0.4 is 10.1 Å². The van der Waals surface area contributed by atoms with Crippen LogP contribution in [0.1, 0.15) is 20.8 Å². The number of benzene rings is 1. The van der Waals surface area contributed by atoms with Crippen LogP contribution in [0, 0.1) is 0 Å². The number of hydrogen-bond acceptors (Lipinski definition) is 4. The summed E-state index contributed by atoms with van der Waals surface area (Å²) >= 11 is 3.34. The number of nitrogens with zero attached hydrogens (tertiary/aromatic N) is 2. The smallest absolute Gasteiger partial charge is 0.331 e. The van der Waals surface area contributed by atoms with Gasteiger partial charge in [0.1, 0.15) is 5.75 Å². The van der Waals surface area contributed by atoms with Crippen molar-refractivity contribution in [1.29, 1.82) is 0 Å². The van der Waals surface area contributed by atoms with Crippen LogP contribution in [0.3, 0.4) is 0 Å². The average Bonchev–Trinajstić information content (AvgIpc) is 2.96.